The first-order valence-electron chi connectivity index (χ1n) is 8.26. The third kappa shape index (κ3) is 5.69. The molecule has 0 heterocycles. The molecule has 1 atom stereocenters. The summed E-state index contributed by atoms with van der Waals surface area (Å²) in [5.41, 5.74) is 1.35. The van der Waals surface area contributed by atoms with E-state index in [-0.39, 0.29) is 10.8 Å². The van der Waals surface area contributed by atoms with Gasteiger partial charge in [-0.3, -0.25) is 9.59 Å². The summed E-state index contributed by atoms with van der Waals surface area (Å²) in [5.74, 6) is -0.139. The van der Waals surface area contributed by atoms with Crippen molar-refractivity contribution in [3.63, 3.8) is 0 Å². The predicted molar refractivity (Wildman–Crippen MR) is 107 cm³/mol. The number of carbonyl (C=O) groups is 2. The van der Waals surface area contributed by atoms with Crippen LogP contribution in [0.1, 0.15) is 13.8 Å². The molecule has 5 N–H and O–H groups in total. The summed E-state index contributed by atoms with van der Waals surface area (Å²) in [6, 6.07) is 9.93. The number of anilines is 3. The summed E-state index contributed by atoms with van der Waals surface area (Å²) in [6.45, 7) is 3.02. The number of hydrogen-bond donors (Lipinski definition) is 4. The monoisotopic (exact) mass is 406 g/mol. The second-order valence-corrected chi connectivity index (χ2v) is 7.59. The van der Waals surface area contributed by atoms with Crippen molar-refractivity contribution in [1.29, 1.82) is 0 Å². The van der Waals surface area contributed by atoms with E-state index in [1.165, 1.54) is 32.2 Å². The molecule has 0 saturated heterocycles. The number of rotatable bonds is 7. The van der Waals surface area contributed by atoms with Crippen molar-refractivity contribution < 1.29 is 22.7 Å². The van der Waals surface area contributed by atoms with Crippen molar-refractivity contribution in [1.82, 2.24) is 0 Å². The van der Waals surface area contributed by atoms with Crippen LogP contribution in [0.2, 0.25) is 0 Å². The van der Waals surface area contributed by atoms with Crippen LogP contribution >= 0.6 is 0 Å². The molecule has 9 nitrogen and oxygen atoms in total. The third-order valence-corrected chi connectivity index (χ3v) is 4.63. The maximum absolute atomic E-state index is 12.5. The number of nitrogens with one attached hydrogen (secondary N) is 3. The molecular weight excluding hydrogens is 384 g/mol. The summed E-state index contributed by atoms with van der Waals surface area (Å²) in [6.07, 6.45) is 0. The SMILES string of the molecule is COc1ccc(NC(C)=O)cc1N[C@@H](C)C(=O)Nc1cccc(S(N)(=O)=O)c1. The quantitative estimate of drug-likeness (QED) is 0.552. The zero-order valence-corrected chi connectivity index (χ0v) is 16.5. The lowest BCUT2D eigenvalue weighted by atomic mass is 10.2. The lowest BCUT2D eigenvalue weighted by Crippen LogP contribution is -2.32. The summed E-state index contributed by atoms with van der Waals surface area (Å²) >= 11 is 0. The van der Waals surface area contributed by atoms with E-state index in [4.69, 9.17) is 9.88 Å². The number of amides is 2. The normalized spacial score (nSPS) is 12.0. The Morgan fingerprint density at radius 2 is 1.75 bits per heavy atom. The van der Waals surface area contributed by atoms with Gasteiger partial charge in [-0.1, -0.05) is 6.07 Å². The highest BCUT2D eigenvalue weighted by atomic mass is 32.2. The van der Waals surface area contributed by atoms with Gasteiger partial charge in [0.05, 0.1) is 17.7 Å². The maximum Gasteiger partial charge on any atom is 0.246 e. The number of primary sulfonamides is 1. The van der Waals surface area contributed by atoms with Gasteiger partial charge < -0.3 is 20.7 Å². The Morgan fingerprint density at radius 1 is 1.07 bits per heavy atom. The van der Waals surface area contributed by atoms with Gasteiger partial charge in [0.2, 0.25) is 21.8 Å². The Labute approximate surface area is 163 Å². The number of sulfonamides is 1. The van der Waals surface area contributed by atoms with Crippen LogP contribution in [0.5, 0.6) is 5.75 Å². The smallest absolute Gasteiger partial charge is 0.246 e. The lowest BCUT2D eigenvalue weighted by molar-refractivity contribution is -0.116. The number of nitrogens with two attached hydrogens (primary N) is 1. The Bertz CT molecular complexity index is 991. The summed E-state index contributed by atoms with van der Waals surface area (Å²) in [4.78, 5) is 23.6. The first kappa shape index (κ1) is 21.2. The summed E-state index contributed by atoms with van der Waals surface area (Å²) in [7, 11) is -2.38. The first-order valence-corrected chi connectivity index (χ1v) is 9.80. The van der Waals surface area contributed by atoms with Crippen LogP contribution in [0.4, 0.5) is 17.1 Å². The van der Waals surface area contributed by atoms with Crippen LogP contribution in [-0.2, 0) is 19.6 Å². The van der Waals surface area contributed by atoms with Crippen LogP contribution in [0.15, 0.2) is 47.4 Å². The lowest BCUT2D eigenvalue weighted by Gasteiger charge is -2.18. The highest BCUT2D eigenvalue weighted by Crippen LogP contribution is 2.28. The predicted octanol–water partition coefficient (Wildman–Crippen LogP) is 1.74. The number of hydrogen-bond acceptors (Lipinski definition) is 6. The van der Waals surface area contributed by atoms with Gasteiger partial charge in [-0.25, -0.2) is 13.6 Å². The molecule has 2 amide bonds. The highest BCUT2D eigenvalue weighted by molar-refractivity contribution is 7.89. The molecule has 0 fully saturated rings. The van der Waals surface area contributed by atoms with Crippen LogP contribution < -0.4 is 25.8 Å². The Kier molecular flexibility index (Phi) is 6.60. The van der Waals surface area contributed by atoms with Crippen LogP contribution in [-0.4, -0.2) is 33.4 Å². The molecule has 150 valence electrons. The van der Waals surface area contributed by atoms with E-state index in [0.29, 0.717) is 22.8 Å². The molecule has 0 aromatic heterocycles. The van der Waals surface area contributed by atoms with Gasteiger partial charge in [-0.15, -0.1) is 0 Å². The van der Waals surface area contributed by atoms with Gasteiger partial charge in [-0.05, 0) is 43.3 Å². The highest BCUT2D eigenvalue weighted by Gasteiger charge is 2.17. The summed E-state index contributed by atoms with van der Waals surface area (Å²) in [5, 5.41) is 13.4. The van der Waals surface area contributed by atoms with E-state index in [1.54, 1.807) is 31.2 Å². The van der Waals surface area contributed by atoms with Crippen molar-refractivity contribution >= 4 is 38.9 Å². The van der Waals surface area contributed by atoms with Gasteiger partial charge in [0, 0.05) is 18.3 Å². The number of carbonyl (C=O) groups excluding carboxylic acids is 2. The molecule has 0 aliphatic heterocycles. The van der Waals surface area contributed by atoms with Gasteiger partial charge in [0.1, 0.15) is 11.8 Å². The molecular formula is C18H22N4O5S. The van der Waals surface area contributed by atoms with Crippen molar-refractivity contribution in [3.05, 3.63) is 42.5 Å². The van der Waals surface area contributed by atoms with Crippen LogP contribution in [0.25, 0.3) is 0 Å². The minimum atomic E-state index is -3.87. The standard InChI is InChI=1S/C18H22N4O5S/c1-11(18(24)22-13-5-4-6-15(9-13)28(19,25)26)20-16-10-14(21-12(2)23)7-8-17(16)27-3/h4-11,20H,1-3H3,(H,21,23)(H,22,24)(H2,19,25,26)/t11-/m0/s1. The Morgan fingerprint density at radius 3 is 2.36 bits per heavy atom. The fourth-order valence-electron chi connectivity index (χ4n) is 2.40. The van der Waals surface area contributed by atoms with Gasteiger partial charge in [0.15, 0.2) is 0 Å². The molecule has 2 rings (SSSR count). The zero-order chi connectivity index (χ0) is 20.9. The Hall–Kier alpha value is -3.11. The number of methoxy groups -OCH3 is 1. The minimum absolute atomic E-state index is 0.101. The molecule has 0 aliphatic rings. The average molecular weight is 406 g/mol. The van der Waals surface area contributed by atoms with E-state index in [9.17, 15) is 18.0 Å². The third-order valence-electron chi connectivity index (χ3n) is 3.72. The number of benzene rings is 2. The second-order valence-electron chi connectivity index (χ2n) is 6.02. The van der Waals surface area contributed by atoms with Gasteiger partial charge >= 0.3 is 0 Å². The molecule has 2 aromatic rings. The average Bonchev–Trinajstić information content (AvgIpc) is 2.61. The largest absolute Gasteiger partial charge is 0.495 e. The van der Waals surface area contributed by atoms with E-state index >= 15 is 0 Å². The number of ether oxygens (including phenoxy) is 1. The molecule has 0 spiro atoms. The van der Waals surface area contributed by atoms with Crippen molar-refractivity contribution in [3.8, 4) is 5.75 Å². The second kappa shape index (κ2) is 8.72. The topological polar surface area (TPSA) is 140 Å². The van der Waals surface area contributed by atoms with E-state index in [2.05, 4.69) is 16.0 Å². The van der Waals surface area contributed by atoms with E-state index < -0.39 is 22.0 Å². The van der Waals surface area contributed by atoms with Gasteiger partial charge in [0.25, 0.3) is 0 Å². The van der Waals surface area contributed by atoms with E-state index in [0.717, 1.165) is 0 Å². The Balaban J connectivity index is 2.15. The molecule has 0 radical (unpaired) electrons. The van der Waals surface area contributed by atoms with Crippen LogP contribution in [0.3, 0.4) is 0 Å². The zero-order valence-electron chi connectivity index (χ0n) is 15.6. The molecule has 0 unspecified atom stereocenters. The maximum atomic E-state index is 12.5. The summed E-state index contributed by atoms with van der Waals surface area (Å²) < 4.78 is 28.1. The molecule has 0 aliphatic carbocycles. The van der Waals surface area contributed by atoms with Crippen LogP contribution in [0, 0.1) is 0 Å². The molecule has 28 heavy (non-hydrogen) atoms. The minimum Gasteiger partial charge on any atom is -0.495 e. The molecule has 0 saturated carbocycles. The molecule has 2 aromatic carbocycles. The van der Waals surface area contributed by atoms with Crippen molar-refractivity contribution in [2.45, 2.75) is 24.8 Å². The molecule has 10 heteroatoms. The van der Waals surface area contributed by atoms with Crippen molar-refractivity contribution in [2.24, 2.45) is 5.14 Å². The fourth-order valence-corrected chi connectivity index (χ4v) is 2.96. The molecule has 0 bridgehead atoms. The van der Waals surface area contributed by atoms with Crippen molar-refractivity contribution in [2.75, 3.05) is 23.1 Å². The fraction of sp³-hybridized carbons (Fsp3) is 0.222. The van der Waals surface area contributed by atoms with E-state index in [1.807, 2.05) is 0 Å². The van der Waals surface area contributed by atoms with Gasteiger partial charge in [-0.2, -0.15) is 0 Å². The first-order chi connectivity index (χ1) is 13.1.